The van der Waals surface area contributed by atoms with Gasteiger partial charge in [-0.3, -0.25) is 4.79 Å². The molecule has 0 bridgehead atoms. The highest BCUT2D eigenvalue weighted by atomic mass is 35.5. The second kappa shape index (κ2) is 8.57. The summed E-state index contributed by atoms with van der Waals surface area (Å²) >= 11 is 11.9. The molecule has 2 aromatic rings. The van der Waals surface area contributed by atoms with Gasteiger partial charge in [-0.1, -0.05) is 41.4 Å². The molecule has 0 unspecified atom stereocenters. The highest BCUT2D eigenvalue weighted by molar-refractivity contribution is 6.43. The molecule has 0 radical (unpaired) electrons. The average molecular weight is 367 g/mol. The van der Waals surface area contributed by atoms with Crippen LogP contribution in [0.5, 0.6) is 0 Å². The Kier molecular flexibility index (Phi) is 6.46. The van der Waals surface area contributed by atoms with Gasteiger partial charge in [0, 0.05) is 18.7 Å². The number of esters is 1. The quantitative estimate of drug-likeness (QED) is 0.751. The second-order valence-corrected chi connectivity index (χ2v) is 5.65. The molecular formula is C17H16Cl2N2O3. The third kappa shape index (κ3) is 4.63. The van der Waals surface area contributed by atoms with Crippen LogP contribution in [-0.4, -0.2) is 25.5 Å². The van der Waals surface area contributed by atoms with E-state index in [1.54, 1.807) is 42.5 Å². The van der Waals surface area contributed by atoms with Crippen molar-refractivity contribution in [2.45, 2.75) is 6.42 Å². The number of carbonyl (C=O) groups excluding carboxylic acids is 2. The largest absolute Gasteiger partial charge is 0.465 e. The number of rotatable bonds is 6. The van der Waals surface area contributed by atoms with Crippen LogP contribution in [0, 0.1) is 0 Å². The summed E-state index contributed by atoms with van der Waals surface area (Å²) in [5.41, 5.74) is 1.49. The van der Waals surface area contributed by atoms with Crippen LogP contribution in [0.4, 0.5) is 11.4 Å². The summed E-state index contributed by atoms with van der Waals surface area (Å²) < 4.78 is 4.72. The van der Waals surface area contributed by atoms with Crippen LogP contribution >= 0.6 is 23.2 Å². The smallest absolute Gasteiger partial charge is 0.339 e. The highest BCUT2D eigenvalue weighted by Crippen LogP contribution is 2.29. The van der Waals surface area contributed by atoms with Crippen molar-refractivity contribution in [1.82, 2.24) is 0 Å². The second-order valence-electron chi connectivity index (χ2n) is 4.86. The van der Waals surface area contributed by atoms with Crippen LogP contribution in [0.1, 0.15) is 16.8 Å². The molecule has 0 fully saturated rings. The normalized spacial score (nSPS) is 10.1. The van der Waals surface area contributed by atoms with Gasteiger partial charge in [0.1, 0.15) is 0 Å². The number of halogens is 2. The zero-order valence-corrected chi connectivity index (χ0v) is 14.4. The maximum atomic E-state index is 12.0. The van der Waals surface area contributed by atoms with Gasteiger partial charge in [-0.2, -0.15) is 0 Å². The molecule has 0 aliphatic heterocycles. The molecule has 1 amide bonds. The van der Waals surface area contributed by atoms with E-state index >= 15 is 0 Å². The summed E-state index contributed by atoms with van der Waals surface area (Å²) in [5.74, 6) is -0.657. The van der Waals surface area contributed by atoms with E-state index in [0.29, 0.717) is 33.5 Å². The highest BCUT2D eigenvalue weighted by Gasteiger charge is 2.12. The fourth-order valence-electron chi connectivity index (χ4n) is 2.05. The Labute approximate surface area is 149 Å². The molecule has 0 aliphatic rings. The van der Waals surface area contributed by atoms with Gasteiger partial charge in [-0.15, -0.1) is 0 Å². The standard InChI is InChI=1S/C17H16Cl2N2O3/c1-24-17(23)11-5-2-3-7-13(11)20-10-9-15(22)21-14-8-4-6-12(18)16(14)19/h2-8,20H,9-10H2,1H3,(H,21,22). The van der Waals surface area contributed by atoms with Crippen molar-refractivity contribution in [3.8, 4) is 0 Å². The fourth-order valence-corrected chi connectivity index (χ4v) is 2.40. The fraction of sp³-hybridized carbons (Fsp3) is 0.176. The molecule has 24 heavy (non-hydrogen) atoms. The zero-order chi connectivity index (χ0) is 17.5. The lowest BCUT2D eigenvalue weighted by molar-refractivity contribution is -0.115. The molecule has 7 heteroatoms. The lowest BCUT2D eigenvalue weighted by Gasteiger charge is -2.11. The Morgan fingerprint density at radius 2 is 1.75 bits per heavy atom. The molecular weight excluding hydrogens is 351 g/mol. The number of hydrogen-bond donors (Lipinski definition) is 2. The van der Waals surface area contributed by atoms with Crippen LogP contribution in [0.25, 0.3) is 0 Å². The van der Waals surface area contributed by atoms with Crippen LogP contribution in [0.2, 0.25) is 10.0 Å². The molecule has 0 saturated carbocycles. The van der Waals surface area contributed by atoms with Crippen molar-refractivity contribution in [3.05, 3.63) is 58.1 Å². The first kappa shape index (κ1) is 18.1. The van der Waals surface area contributed by atoms with Gasteiger partial charge in [-0.05, 0) is 24.3 Å². The number of amides is 1. The Bertz CT molecular complexity index is 750. The van der Waals surface area contributed by atoms with E-state index in [1.165, 1.54) is 7.11 Å². The third-order valence-corrected chi connectivity index (χ3v) is 4.04. The Morgan fingerprint density at radius 1 is 1.04 bits per heavy atom. The predicted molar refractivity (Wildman–Crippen MR) is 96.0 cm³/mol. The summed E-state index contributed by atoms with van der Waals surface area (Å²) in [6, 6.07) is 12.0. The number of ether oxygens (including phenoxy) is 1. The van der Waals surface area contributed by atoms with Crippen molar-refractivity contribution in [2.75, 3.05) is 24.3 Å². The third-order valence-electron chi connectivity index (χ3n) is 3.23. The van der Waals surface area contributed by atoms with Crippen molar-refractivity contribution >= 4 is 46.5 Å². The molecule has 0 spiro atoms. The van der Waals surface area contributed by atoms with Gasteiger partial charge in [0.05, 0.1) is 28.4 Å². The van der Waals surface area contributed by atoms with Crippen LogP contribution < -0.4 is 10.6 Å². The number of anilines is 2. The summed E-state index contributed by atoms with van der Waals surface area (Å²) in [5, 5.41) is 6.43. The number of carbonyl (C=O) groups is 2. The van der Waals surface area contributed by atoms with Gasteiger partial charge < -0.3 is 15.4 Å². The van der Waals surface area contributed by atoms with E-state index in [-0.39, 0.29) is 12.3 Å². The summed E-state index contributed by atoms with van der Waals surface area (Å²) in [6.07, 6.45) is 0.193. The molecule has 2 aromatic carbocycles. The number of nitrogens with one attached hydrogen (secondary N) is 2. The monoisotopic (exact) mass is 366 g/mol. The van der Waals surface area contributed by atoms with Crippen molar-refractivity contribution in [3.63, 3.8) is 0 Å². The Morgan fingerprint density at radius 3 is 2.50 bits per heavy atom. The maximum Gasteiger partial charge on any atom is 0.339 e. The first-order chi connectivity index (χ1) is 11.5. The lowest BCUT2D eigenvalue weighted by Crippen LogP contribution is -2.17. The van der Waals surface area contributed by atoms with Gasteiger partial charge in [0.25, 0.3) is 0 Å². The molecule has 5 nitrogen and oxygen atoms in total. The SMILES string of the molecule is COC(=O)c1ccccc1NCCC(=O)Nc1cccc(Cl)c1Cl. The molecule has 2 N–H and O–H groups in total. The van der Waals surface area contributed by atoms with Crippen molar-refractivity contribution in [1.29, 1.82) is 0 Å². The van der Waals surface area contributed by atoms with E-state index in [4.69, 9.17) is 27.9 Å². The number of hydrogen-bond acceptors (Lipinski definition) is 4. The maximum absolute atomic E-state index is 12.0. The lowest BCUT2D eigenvalue weighted by atomic mass is 10.2. The molecule has 0 aliphatic carbocycles. The first-order valence-electron chi connectivity index (χ1n) is 7.18. The molecule has 0 heterocycles. The Hall–Kier alpha value is -2.24. The van der Waals surface area contributed by atoms with E-state index in [9.17, 15) is 9.59 Å². The van der Waals surface area contributed by atoms with E-state index < -0.39 is 5.97 Å². The van der Waals surface area contributed by atoms with Gasteiger partial charge in [-0.25, -0.2) is 4.79 Å². The number of para-hydroxylation sites is 1. The predicted octanol–water partition coefficient (Wildman–Crippen LogP) is 4.22. The molecule has 0 aromatic heterocycles. The van der Waals surface area contributed by atoms with E-state index in [1.807, 2.05) is 0 Å². The number of benzene rings is 2. The summed E-state index contributed by atoms with van der Waals surface area (Å²) in [6.45, 7) is 0.345. The van der Waals surface area contributed by atoms with Crippen molar-refractivity contribution in [2.24, 2.45) is 0 Å². The average Bonchev–Trinajstić information content (AvgIpc) is 2.59. The van der Waals surface area contributed by atoms with Crippen LogP contribution in [0.15, 0.2) is 42.5 Å². The topological polar surface area (TPSA) is 67.4 Å². The van der Waals surface area contributed by atoms with E-state index in [0.717, 1.165) is 0 Å². The van der Waals surface area contributed by atoms with Gasteiger partial charge in [0.15, 0.2) is 0 Å². The molecule has 0 atom stereocenters. The number of methoxy groups -OCH3 is 1. The molecule has 126 valence electrons. The minimum Gasteiger partial charge on any atom is -0.465 e. The minimum atomic E-state index is -0.437. The van der Waals surface area contributed by atoms with Gasteiger partial charge >= 0.3 is 5.97 Å². The minimum absolute atomic E-state index is 0.193. The molecule has 2 rings (SSSR count). The van der Waals surface area contributed by atoms with Gasteiger partial charge in [0.2, 0.25) is 5.91 Å². The first-order valence-corrected chi connectivity index (χ1v) is 7.93. The summed E-state index contributed by atoms with van der Waals surface area (Å²) in [7, 11) is 1.32. The molecule has 0 saturated heterocycles. The van der Waals surface area contributed by atoms with E-state index in [2.05, 4.69) is 10.6 Å². The summed E-state index contributed by atoms with van der Waals surface area (Å²) in [4.78, 5) is 23.7. The Balaban J connectivity index is 1.92. The zero-order valence-electron chi connectivity index (χ0n) is 12.9. The van der Waals surface area contributed by atoms with Crippen LogP contribution in [-0.2, 0) is 9.53 Å². The van der Waals surface area contributed by atoms with Crippen molar-refractivity contribution < 1.29 is 14.3 Å². The van der Waals surface area contributed by atoms with Crippen LogP contribution in [0.3, 0.4) is 0 Å².